The first-order valence-corrected chi connectivity index (χ1v) is 18.8. The Morgan fingerprint density at radius 3 is 1.47 bits per heavy atom. The first-order chi connectivity index (χ1) is 27.3. The molecule has 0 atom stereocenters. The van der Waals surface area contributed by atoms with Crippen LogP contribution in [0.2, 0.25) is 0 Å². The fraction of sp³-hybridized carbons (Fsp3) is 0. The van der Waals surface area contributed by atoms with E-state index >= 15 is 0 Å². The van der Waals surface area contributed by atoms with Crippen LogP contribution in [0.1, 0.15) is 0 Å². The molecule has 0 saturated carbocycles. The van der Waals surface area contributed by atoms with Gasteiger partial charge >= 0.3 is 0 Å². The van der Waals surface area contributed by atoms with Crippen LogP contribution in [0, 0.1) is 0 Å². The van der Waals surface area contributed by atoms with Crippen LogP contribution in [0.3, 0.4) is 0 Å². The van der Waals surface area contributed by atoms with Gasteiger partial charge in [-0.2, -0.15) is 0 Å². The van der Waals surface area contributed by atoms with Gasteiger partial charge in [0.1, 0.15) is 0 Å². The van der Waals surface area contributed by atoms with E-state index in [-0.39, 0.29) is 0 Å². The molecule has 9 aromatic carbocycles. The summed E-state index contributed by atoms with van der Waals surface area (Å²) in [6.07, 6.45) is 0. The van der Waals surface area contributed by atoms with E-state index in [1.807, 2.05) is 0 Å². The average molecular weight is 704 g/mol. The van der Waals surface area contributed by atoms with Crippen molar-refractivity contribution < 1.29 is 0 Å². The lowest BCUT2D eigenvalue weighted by atomic mass is 9.99. The number of aromatic nitrogens is 1. The predicted molar refractivity (Wildman–Crippen MR) is 233 cm³/mol. The number of benzene rings is 9. The number of anilines is 6. The van der Waals surface area contributed by atoms with E-state index in [1.54, 1.807) is 0 Å². The summed E-state index contributed by atoms with van der Waals surface area (Å²) in [6.45, 7) is 0. The molecule has 1 heterocycles. The van der Waals surface area contributed by atoms with Crippen molar-refractivity contribution in [1.29, 1.82) is 0 Å². The molecule has 0 spiro atoms. The van der Waals surface area contributed by atoms with Crippen molar-refractivity contribution in [3.05, 3.63) is 224 Å². The molecule has 0 aliphatic carbocycles. The molecule has 0 bridgehead atoms. The molecule has 1 aromatic heterocycles. The summed E-state index contributed by atoms with van der Waals surface area (Å²) < 4.78 is 2.38. The molecule has 3 nitrogen and oxygen atoms in total. The minimum atomic E-state index is 1.07. The molecule has 0 N–H and O–H groups in total. The summed E-state index contributed by atoms with van der Waals surface area (Å²) in [5, 5.41) is 4.85. The Labute approximate surface area is 321 Å². The molecule has 0 saturated heterocycles. The van der Waals surface area contributed by atoms with Crippen LogP contribution < -0.4 is 9.80 Å². The van der Waals surface area contributed by atoms with Crippen LogP contribution >= 0.6 is 0 Å². The molecule has 0 unspecified atom stereocenters. The zero-order valence-electron chi connectivity index (χ0n) is 30.2. The summed E-state index contributed by atoms with van der Waals surface area (Å²) in [7, 11) is 0. The van der Waals surface area contributed by atoms with Gasteiger partial charge in [-0.15, -0.1) is 0 Å². The Morgan fingerprint density at radius 1 is 0.291 bits per heavy atom. The highest BCUT2D eigenvalue weighted by Gasteiger charge is 2.21. The minimum absolute atomic E-state index is 1.07. The number of rotatable bonds is 8. The second kappa shape index (κ2) is 13.9. The average Bonchev–Trinajstić information content (AvgIpc) is 3.59. The van der Waals surface area contributed by atoms with E-state index in [0.29, 0.717) is 0 Å². The van der Waals surface area contributed by atoms with E-state index in [2.05, 4.69) is 239 Å². The number of hydrogen-bond donors (Lipinski definition) is 0. The predicted octanol–water partition coefficient (Wildman–Crippen LogP) is 14.5. The Morgan fingerprint density at radius 2 is 0.800 bits per heavy atom. The Kier molecular flexibility index (Phi) is 8.16. The van der Waals surface area contributed by atoms with Crippen LogP contribution in [-0.4, -0.2) is 4.57 Å². The van der Waals surface area contributed by atoms with E-state index in [9.17, 15) is 0 Å². The van der Waals surface area contributed by atoms with Gasteiger partial charge in [0, 0.05) is 50.3 Å². The second-order valence-electron chi connectivity index (χ2n) is 13.8. The van der Waals surface area contributed by atoms with Gasteiger partial charge in [0.2, 0.25) is 0 Å². The van der Waals surface area contributed by atoms with Crippen LogP contribution in [0.5, 0.6) is 0 Å². The summed E-state index contributed by atoms with van der Waals surface area (Å²) >= 11 is 0. The molecular weight excluding hydrogens is 667 g/mol. The summed E-state index contributed by atoms with van der Waals surface area (Å²) in [5.74, 6) is 0. The number of nitrogens with zero attached hydrogens (tertiary/aromatic N) is 3. The SMILES string of the molecule is c1ccc(N(c2ccccc2)c2cc(-c3ccc4c(c3)c3ccccc3n4-c3ccccc3)cc(N(c3ccccc3)c3cccc4ccccc34)c2)cc1. The molecule has 0 aliphatic rings. The molecular formula is C52H37N3. The molecule has 55 heavy (non-hydrogen) atoms. The molecule has 10 aromatic rings. The van der Waals surface area contributed by atoms with Crippen LogP contribution in [0.15, 0.2) is 224 Å². The summed E-state index contributed by atoms with van der Waals surface area (Å²) in [6, 6.07) is 80.7. The Balaban J connectivity index is 1.25. The monoisotopic (exact) mass is 703 g/mol. The molecule has 0 amide bonds. The highest BCUT2D eigenvalue weighted by Crippen LogP contribution is 2.45. The minimum Gasteiger partial charge on any atom is -0.310 e. The van der Waals surface area contributed by atoms with Gasteiger partial charge in [0.15, 0.2) is 0 Å². The zero-order valence-corrected chi connectivity index (χ0v) is 30.2. The van der Waals surface area contributed by atoms with Gasteiger partial charge < -0.3 is 14.4 Å². The van der Waals surface area contributed by atoms with Crippen molar-refractivity contribution in [3.8, 4) is 16.8 Å². The Bertz CT molecular complexity index is 2870. The maximum Gasteiger partial charge on any atom is 0.0541 e. The largest absolute Gasteiger partial charge is 0.310 e. The smallest absolute Gasteiger partial charge is 0.0541 e. The van der Waals surface area contributed by atoms with Crippen molar-refractivity contribution in [1.82, 2.24) is 4.57 Å². The van der Waals surface area contributed by atoms with Gasteiger partial charge in [0.05, 0.1) is 16.7 Å². The van der Waals surface area contributed by atoms with E-state index in [1.165, 1.54) is 32.6 Å². The molecule has 10 rings (SSSR count). The van der Waals surface area contributed by atoms with Crippen LogP contribution in [0.4, 0.5) is 34.1 Å². The summed E-state index contributed by atoms with van der Waals surface area (Å²) in [4.78, 5) is 4.77. The topological polar surface area (TPSA) is 11.4 Å². The fourth-order valence-corrected chi connectivity index (χ4v) is 8.04. The van der Waals surface area contributed by atoms with Gasteiger partial charge in [0.25, 0.3) is 0 Å². The Hall–Kier alpha value is -7.36. The number of fused-ring (bicyclic) bond motifs is 4. The lowest BCUT2D eigenvalue weighted by Gasteiger charge is -2.31. The zero-order chi connectivity index (χ0) is 36.6. The van der Waals surface area contributed by atoms with Gasteiger partial charge in [-0.25, -0.2) is 0 Å². The molecule has 260 valence electrons. The third-order valence-corrected chi connectivity index (χ3v) is 10.5. The van der Waals surface area contributed by atoms with E-state index in [4.69, 9.17) is 0 Å². The van der Waals surface area contributed by atoms with Crippen LogP contribution in [-0.2, 0) is 0 Å². The normalized spacial score (nSPS) is 11.3. The number of para-hydroxylation sites is 5. The molecule has 3 heteroatoms. The third-order valence-electron chi connectivity index (χ3n) is 10.5. The first-order valence-electron chi connectivity index (χ1n) is 18.8. The van der Waals surface area contributed by atoms with Gasteiger partial charge in [-0.1, -0.05) is 133 Å². The highest BCUT2D eigenvalue weighted by atomic mass is 15.2. The second-order valence-corrected chi connectivity index (χ2v) is 13.8. The van der Waals surface area contributed by atoms with E-state index < -0.39 is 0 Å². The lowest BCUT2D eigenvalue weighted by molar-refractivity contribution is 1.18. The maximum absolute atomic E-state index is 2.41. The lowest BCUT2D eigenvalue weighted by Crippen LogP contribution is -2.14. The highest BCUT2D eigenvalue weighted by molar-refractivity contribution is 6.10. The van der Waals surface area contributed by atoms with Crippen molar-refractivity contribution in [2.45, 2.75) is 0 Å². The fourth-order valence-electron chi connectivity index (χ4n) is 8.04. The first kappa shape index (κ1) is 32.3. The van der Waals surface area contributed by atoms with Crippen molar-refractivity contribution >= 4 is 66.7 Å². The number of hydrogen-bond acceptors (Lipinski definition) is 2. The van der Waals surface area contributed by atoms with Crippen molar-refractivity contribution in [2.24, 2.45) is 0 Å². The standard InChI is InChI=1S/C52H37N3/c1-5-20-41(21-6-1)53(42-22-7-2-8-23-42)45-34-40(39-32-33-52-49(36-39)48-29-15-16-30-51(48)55(52)44-26-11-4-12-27-44)35-46(37-45)54(43-24-9-3-10-25-43)50-31-17-19-38-18-13-14-28-47(38)50/h1-37H. The molecule has 0 fully saturated rings. The quantitative estimate of drug-likeness (QED) is 0.156. The van der Waals surface area contributed by atoms with E-state index in [0.717, 1.165) is 50.9 Å². The summed E-state index contributed by atoms with van der Waals surface area (Å²) in [5.41, 5.74) is 12.4. The van der Waals surface area contributed by atoms with Crippen LogP contribution in [0.25, 0.3) is 49.4 Å². The molecule has 0 radical (unpaired) electrons. The maximum atomic E-state index is 2.41. The molecule has 0 aliphatic heterocycles. The van der Waals surface area contributed by atoms with Gasteiger partial charge in [-0.05, 0) is 108 Å². The third kappa shape index (κ3) is 5.89. The van der Waals surface area contributed by atoms with Crippen molar-refractivity contribution in [3.63, 3.8) is 0 Å². The van der Waals surface area contributed by atoms with Crippen molar-refractivity contribution in [2.75, 3.05) is 9.80 Å². The van der Waals surface area contributed by atoms with Gasteiger partial charge in [-0.3, -0.25) is 0 Å².